The summed E-state index contributed by atoms with van der Waals surface area (Å²) >= 11 is 0. The topological polar surface area (TPSA) is 38.7 Å². The van der Waals surface area contributed by atoms with Crippen LogP contribution in [-0.2, 0) is 0 Å². The minimum atomic E-state index is 0.671. The van der Waals surface area contributed by atoms with Crippen molar-refractivity contribution in [1.82, 2.24) is 15.0 Å². The molecule has 0 radical (unpaired) electrons. The van der Waals surface area contributed by atoms with Crippen LogP contribution in [0, 0.1) is 0 Å². The van der Waals surface area contributed by atoms with E-state index in [0.717, 1.165) is 11.1 Å². The molecule has 102 valence electrons. The molecule has 0 unspecified atom stereocenters. The van der Waals surface area contributed by atoms with Crippen molar-refractivity contribution in [3.8, 4) is 22.8 Å². The van der Waals surface area contributed by atoms with E-state index in [-0.39, 0.29) is 0 Å². The predicted octanol–water partition coefficient (Wildman–Crippen LogP) is 4.24. The highest BCUT2D eigenvalue weighted by Gasteiger charge is 2.08. The van der Waals surface area contributed by atoms with Crippen molar-refractivity contribution in [2.75, 3.05) is 0 Å². The van der Waals surface area contributed by atoms with Gasteiger partial charge in [-0.1, -0.05) is 66.7 Å². The van der Waals surface area contributed by atoms with Crippen molar-refractivity contribution in [1.29, 1.82) is 0 Å². The molecule has 0 amide bonds. The Kier molecular flexibility index (Phi) is 3.83. The summed E-state index contributed by atoms with van der Waals surface area (Å²) in [6.45, 7) is 1.95. The first-order valence-electron chi connectivity index (χ1n) is 6.86. The third-order valence-electron chi connectivity index (χ3n) is 3.03. The fraction of sp³-hybridized carbons (Fsp3) is 0.0556. The lowest BCUT2D eigenvalue weighted by Crippen LogP contribution is -1.99. The van der Waals surface area contributed by atoms with E-state index < -0.39 is 0 Å². The number of nitrogens with zero attached hydrogens (tertiary/aromatic N) is 3. The van der Waals surface area contributed by atoms with E-state index in [1.165, 1.54) is 0 Å². The Morgan fingerprint density at radius 2 is 1.14 bits per heavy atom. The van der Waals surface area contributed by atoms with Gasteiger partial charge >= 0.3 is 0 Å². The van der Waals surface area contributed by atoms with Crippen LogP contribution in [0.15, 0.2) is 66.7 Å². The number of hydrogen-bond acceptors (Lipinski definition) is 3. The summed E-state index contributed by atoms with van der Waals surface area (Å²) in [5.41, 5.74) is 1.98. The molecular weight excluding hydrogens is 258 g/mol. The fourth-order valence-corrected chi connectivity index (χ4v) is 2.05. The molecule has 0 saturated carbocycles. The predicted molar refractivity (Wildman–Crippen MR) is 85.4 cm³/mol. The van der Waals surface area contributed by atoms with Gasteiger partial charge in [0.15, 0.2) is 17.5 Å². The SMILES string of the molecule is C/C=C\c1nc(-c2ccccc2)nc(-c2ccccc2)n1. The van der Waals surface area contributed by atoms with Crippen molar-refractivity contribution in [2.24, 2.45) is 0 Å². The number of benzene rings is 2. The summed E-state index contributed by atoms with van der Waals surface area (Å²) in [7, 11) is 0. The van der Waals surface area contributed by atoms with Gasteiger partial charge in [0.05, 0.1) is 0 Å². The smallest absolute Gasteiger partial charge is 0.164 e. The van der Waals surface area contributed by atoms with Gasteiger partial charge in [-0.25, -0.2) is 15.0 Å². The lowest BCUT2D eigenvalue weighted by atomic mass is 10.2. The van der Waals surface area contributed by atoms with Gasteiger partial charge in [-0.3, -0.25) is 0 Å². The first-order valence-corrected chi connectivity index (χ1v) is 6.86. The Morgan fingerprint density at radius 3 is 1.57 bits per heavy atom. The maximum absolute atomic E-state index is 4.60. The van der Waals surface area contributed by atoms with Crippen LogP contribution in [0.5, 0.6) is 0 Å². The maximum Gasteiger partial charge on any atom is 0.164 e. The number of allylic oxidation sites excluding steroid dienone is 1. The summed E-state index contributed by atoms with van der Waals surface area (Å²) in [6, 6.07) is 19.9. The maximum atomic E-state index is 4.60. The standard InChI is InChI=1S/C18H15N3/c1-2-9-16-19-17(14-10-5-3-6-11-14)21-18(20-16)15-12-7-4-8-13-15/h2-13H,1H3/b9-2-. The molecule has 0 atom stereocenters. The summed E-state index contributed by atoms with van der Waals surface area (Å²) in [5.74, 6) is 2.06. The monoisotopic (exact) mass is 273 g/mol. The molecule has 0 aliphatic heterocycles. The Bertz CT molecular complexity index is 692. The third kappa shape index (κ3) is 3.03. The summed E-state index contributed by atoms with van der Waals surface area (Å²) in [4.78, 5) is 13.6. The van der Waals surface area contributed by atoms with E-state index in [0.29, 0.717) is 17.5 Å². The Balaban J connectivity index is 2.15. The van der Waals surface area contributed by atoms with Gasteiger partial charge < -0.3 is 0 Å². The van der Waals surface area contributed by atoms with Crippen LogP contribution in [0.25, 0.3) is 28.9 Å². The minimum Gasteiger partial charge on any atom is -0.209 e. The molecular formula is C18H15N3. The van der Waals surface area contributed by atoms with Crippen LogP contribution < -0.4 is 0 Å². The first-order chi connectivity index (χ1) is 10.4. The van der Waals surface area contributed by atoms with Crippen molar-refractivity contribution < 1.29 is 0 Å². The molecule has 3 aromatic rings. The molecule has 21 heavy (non-hydrogen) atoms. The van der Waals surface area contributed by atoms with Crippen LogP contribution in [-0.4, -0.2) is 15.0 Å². The van der Waals surface area contributed by atoms with Gasteiger partial charge in [-0.15, -0.1) is 0 Å². The molecule has 1 heterocycles. The Labute approximate surface area is 124 Å². The molecule has 0 fully saturated rings. The van der Waals surface area contributed by atoms with Gasteiger partial charge in [0.25, 0.3) is 0 Å². The van der Waals surface area contributed by atoms with Crippen molar-refractivity contribution in [3.63, 3.8) is 0 Å². The lowest BCUT2D eigenvalue weighted by molar-refractivity contribution is 1.04. The molecule has 0 aliphatic rings. The van der Waals surface area contributed by atoms with Crippen LogP contribution in [0.4, 0.5) is 0 Å². The zero-order valence-corrected chi connectivity index (χ0v) is 11.8. The zero-order chi connectivity index (χ0) is 14.5. The average molecular weight is 273 g/mol. The molecule has 0 bridgehead atoms. The van der Waals surface area contributed by atoms with Crippen LogP contribution in [0.1, 0.15) is 12.7 Å². The van der Waals surface area contributed by atoms with E-state index >= 15 is 0 Å². The van der Waals surface area contributed by atoms with E-state index in [1.54, 1.807) is 0 Å². The normalized spacial score (nSPS) is 10.9. The molecule has 1 aromatic heterocycles. The quantitative estimate of drug-likeness (QED) is 0.716. The molecule has 0 aliphatic carbocycles. The summed E-state index contributed by atoms with van der Waals surface area (Å²) < 4.78 is 0. The van der Waals surface area contributed by atoms with Crippen molar-refractivity contribution in [2.45, 2.75) is 6.92 Å². The fourth-order valence-electron chi connectivity index (χ4n) is 2.05. The highest BCUT2D eigenvalue weighted by atomic mass is 15.0. The van der Waals surface area contributed by atoms with E-state index in [9.17, 15) is 0 Å². The summed E-state index contributed by atoms with van der Waals surface area (Å²) in [6.07, 6.45) is 3.82. The highest BCUT2D eigenvalue weighted by molar-refractivity contribution is 5.62. The average Bonchev–Trinajstić information content (AvgIpc) is 2.56. The second-order valence-corrected chi connectivity index (χ2v) is 4.57. The molecule has 0 N–H and O–H groups in total. The molecule has 2 aromatic carbocycles. The van der Waals surface area contributed by atoms with Gasteiger partial charge in [-0.05, 0) is 13.0 Å². The number of rotatable bonds is 3. The molecule has 0 spiro atoms. The molecule has 3 heteroatoms. The largest absolute Gasteiger partial charge is 0.209 e. The van der Waals surface area contributed by atoms with E-state index in [2.05, 4.69) is 15.0 Å². The first kappa shape index (κ1) is 13.2. The van der Waals surface area contributed by atoms with E-state index in [4.69, 9.17) is 0 Å². The minimum absolute atomic E-state index is 0.671. The van der Waals surface area contributed by atoms with Crippen LogP contribution in [0.2, 0.25) is 0 Å². The second-order valence-electron chi connectivity index (χ2n) is 4.57. The van der Waals surface area contributed by atoms with E-state index in [1.807, 2.05) is 79.7 Å². The van der Waals surface area contributed by atoms with Gasteiger partial charge in [0.2, 0.25) is 0 Å². The highest BCUT2D eigenvalue weighted by Crippen LogP contribution is 2.20. The van der Waals surface area contributed by atoms with Gasteiger partial charge in [0.1, 0.15) is 0 Å². The number of hydrogen-bond donors (Lipinski definition) is 0. The molecule has 0 saturated heterocycles. The summed E-state index contributed by atoms with van der Waals surface area (Å²) in [5, 5.41) is 0. The van der Waals surface area contributed by atoms with Gasteiger partial charge in [0, 0.05) is 11.1 Å². The Hall–Kier alpha value is -2.81. The molecule has 3 rings (SSSR count). The van der Waals surface area contributed by atoms with Crippen LogP contribution >= 0.6 is 0 Å². The Morgan fingerprint density at radius 1 is 0.667 bits per heavy atom. The van der Waals surface area contributed by atoms with Gasteiger partial charge in [-0.2, -0.15) is 0 Å². The van der Waals surface area contributed by atoms with Crippen molar-refractivity contribution >= 4 is 6.08 Å². The second kappa shape index (κ2) is 6.09. The van der Waals surface area contributed by atoms with Crippen LogP contribution in [0.3, 0.4) is 0 Å². The van der Waals surface area contributed by atoms with Crippen molar-refractivity contribution in [3.05, 3.63) is 72.6 Å². The molecule has 3 nitrogen and oxygen atoms in total. The zero-order valence-electron chi connectivity index (χ0n) is 11.8. The lowest BCUT2D eigenvalue weighted by Gasteiger charge is -2.05. The third-order valence-corrected chi connectivity index (χ3v) is 3.03. The number of aromatic nitrogens is 3.